The lowest BCUT2D eigenvalue weighted by Gasteiger charge is -2.13. The Labute approximate surface area is 307 Å². The minimum absolute atomic E-state index is 0.178. The second kappa shape index (κ2) is 14.8. The second-order valence-corrected chi connectivity index (χ2v) is 13.8. The number of hydrogen-bond donors (Lipinski definition) is 0. The number of ether oxygens (including phenoxy) is 3. The van der Waals surface area contributed by atoms with Crippen LogP contribution in [0.25, 0.3) is 44.8 Å². The Balaban J connectivity index is 0.000000341. The first-order chi connectivity index (χ1) is 25.7. The molecule has 0 aliphatic rings. The summed E-state index contributed by atoms with van der Waals surface area (Å²) in [6, 6.07) is 39.3. The third kappa shape index (κ3) is 6.92. The van der Waals surface area contributed by atoms with Crippen molar-refractivity contribution in [3.8, 4) is 39.8 Å². The highest BCUT2D eigenvalue weighted by Gasteiger charge is 2.27. The lowest BCUT2D eigenvalue weighted by atomic mass is 10.1. The Kier molecular flexibility index (Phi) is 9.86. The molecule has 0 radical (unpaired) electrons. The van der Waals surface area contributed by atoms with Crippen LogP contribution in [-0.2, 0) is 23.1 Å². The molecular weight excluding hydrogens is 689 g/mol. The molecule has 3 heterocycles. The highest BCUT2D eigenvalue weighted by atomic mass is 32.2. The van der Waals surface area contributed by atoms with Crippen LogP contribution in [0.15, 0.2) is 139 Å². The number of benzene rings is 5. The fraction of sp³-hybridized carbons (Fsp3) is 0.143. The molecule has 5 aromatic carbocycles. The molecule has 53 heavy (non-hydrogen) atoms. The minimum atomic E-state index is -4.27. The summed E-state index contributed by atoms with van der Waals surface area (Å²) in [5, 5.41) is 0. The molecule has 0 bridgehead atoms. The van der Waals surface area contributed by atoms with E-state index in [9.17, 15) is 13.0 Å². The molecule has 0 aliphatic carbocycles. The Morgan fingerprint density at radius 3 is 1.79 bits per heavy atom. The van der Waals surface area contributed by atoms with Crippen molar-refractivity contribution in [2.24, 2.45) is 0 Å². The summed E-state index contributed by atoms with van der Waals surface area (Å²) in [6.07, 6.45) is 4.97. The van der Waals surface area contributed by atoms with E-state index in [4.69, 9.17) is 19.2 Å². The molecular formula is C42H38N4O6S. The van der Waals surface area contributed by atoms with Gasteiger partial charge in [0.1, 0.15) is 16.3 Å². The van der Waals surface area contributed by atoms with Gasteiger partial charge in [-0.05, 0) is 48.9 Å². The maximum atomic E-state index is 10.4. The molecule has 10 nitrogen and oxygen atoms in total. The van der Waals surface area contributed by atoms with Crippen molar-refractivity contribution < 1.29 is 31.7 Å². The molecule has 0 atom stereocenters. The molecule has 0 amide bonds. The first-order valence-corrected chi connectivity index (χ1v) is 18.4. The van der Waals surface area contributed by atoms with Crippen LogP contribution in [0.2, 0.25) is 0 Å². The van der Waals surface area contributed by atoms with Gasteiger partial charge in [-0.3, -0.25) is 4.40 Å². The van der Waals surface area contributed by atoms with Gasteiger partial charge in [0.2, 0.25) is 11.4 Å². The van der Waals surface area contributed by atoms with Crippen molar-refractivity contribution in [2.45, 2.75) is 24.8 Å². The van der Waals surface area contributed by atoms with E-state index in [1.807, 2.05) is 31.3 Å². The lowest BCUT2D eigenvalue weighted by molar-refractivity contribution is -0.669. The molecule has 0 N–H and O–H groups in total. The van der Waals surface area contributed by atoms with Crippen LogP contribution in [0.3, 0.4) is 0 Å². The van der Waals surface area contributed by atoms with Gasteiger partial charge in [-0.15, -0.1) is 0 Å². The number of nitrogens with zero attached hydrogens (tertiary/aromatic N) is 4. The number of aryl methyl sites for hydroxylation is 3. The summed E-state index contributed by atoms with van der Waals surface area (Å²) in [5.74, 6) is 1.89. The second-order valence-electron chi connectivity index (χ2n) is 12.4. The number of para-hydroxylation sites is 2. The molecule has 8 aromatic rings. The van der Waals surface area contributed by atoms with E-state index in [1.54, 1.807) is 33.5 Å². The number of imidazole rings is 2. The Hall–Kier alpha value is -6.17. The van der Waals surface area contributed by atoms with E-state index in [0.717, 1.165) is 68.9 Å². The summed E-state index contributed by atoms with van der Waals surface area (Å²) in [4.78, 5) is 4.86. The molecule has 0 spiro atoms. The van der Waals surface area contributed by atoms with Crippen LogP contribution in [0, 0.1) is 6.92 Å². The van der Waals surface area contributed by atoms with Crippen molar-refractivity contribution in [2.75, 3.05) is 21.3 Å². The maximum absolute atomic E-state index is 10.4. The topological polar surface area (TPSA) is 110 Å². The van der Waals surface area contributed by atoms with Gasteiger partial charge in [0.05, 0.1) is 50.2 Å². The first-order valence-electron chi connectivity index (χ1n) is 17.0. The maximum Gasteiger partial charge on any atom is 0.331 e. The quantitative estimate of drug-likeness (QED) is 0.112. The highest BCUT2D eigenvalue weighted by Crippen LogP contribution is 2.38. The predicted octanol–water partition coefficient (Wildman–Crippen LogP) is 7.53. The average Bonchev–Trinajstić information content (AvgIpc) is 3.80. The van der Waals surface area contributed by atoms with E-state index in [2.05, 4.69) is 98.4 Å². The Morgan fingerprint density at radius 2 is 1.25 bits per heavy atom. The summed E-state index contributed by atoms with van der Waals surface area (Å²) in [5.41, 5.74) is 10.6. The third-order valence-electron chi connectivity index (χ3n) is 9.14. The van der Waals surface area contributed by atoms with E-state index < -0.39 is 10.1 Å². The minimum Gasteiger partial charge on any atom is -0.744 e. The number of methoxy groups -OCH3 is 3. The SMILES string of the molecule is COc1cc(CC[n+]2cc(-c3ccccc3)n3c4ccccc4n4c(-c5ccccc5)cnc4c32)cc(OC)c1OC.Cc1ccc(S(=O)(=O)[O-])cc1. The van der Waals surface area contributed by atoms with Crippen molar-refractivity contribution >= 4 is 32.4 Å². The summed E-state index contributed by atoms with van der Waals surface area (Å²) in [7, 11) is 0.647. The summed E-state index contributed by atoms with van der Waals surface area (Å²) in [6.45, 7) is 2.54. The standard InChI is InChI=1S/C35H31N4O3.C7H8O3S/c1-40-31-20-24(21-32(41-2)33(31)42-3)18-19-37-23-30(26-14-8-5-9-15-26)39-28-17-11-10-16-27(28)38-29(22-36-34(38)35(37)39)25-12-6-4-7-13-25;1-6-2-4-7(5-3-6)11(8,9)10/h4-17,20-23H,18-19H2,1-3H3;2-5H,1H3,(H,8,9,10)/q+1;/p-1. The summed E-state index contributed by atoms with van der Waals surface area (Å²) >= 11 is 0. The Morgan fingerprint density at radius 1 is 0.698 bits per heavy atom. The molecule has 0 aliphatic heterocycles. The van der Waals surface area contributed by atoms with Crippen molar-refractivity contribution in [3.63, 3.8) is 0 Å². The third-order valence-corrected chi connectivity index (χ3v) is 9.99. The van der Waals surface area contributed by atoms with Gasteiger partial charge >= 0.3 is 5.65 Å². The van der Waals surface area contributed by atoms with Gasteiger partial charge in [0.25, 0.3) is 0 Å². The van der Waals surface area contributed by atoms with Crippen molar-refractivity contribution in [1.82, 2.24) is 13.8 Å². The molecule has 0 unspecified atom stereocenters. The molecule has 0 saturated carbocycles. The van der Waals surface area contributed by atoms with Gasteiger partial charge in [-0.2, -0.15) is 4.40 Å². The molecule has 268 valence electrons. The molecule has 0 saturated heterocycles. The predicted molar refractivity (Wildman–Crippen MR) is 204 cm³/mol. The molecule has 8 rings (SSSR count). The normalized spacial score (nSPS) is 11.4. The van der Waals surface area contributed by atoms with Gasteiger partial charge in [0, 0.05) is 17.5 Å². The van der Waals surface area contributed by atoms with E-state index >= 15 is 0 Å². The fourth-order valence-corrected chi connectivity index (χ4v) is 7.08. The van der Waals surface area contributed by atoms with Crippen LogP contribution in [-0.4, -0.2) is 48.1 Å². The lowest BCUT2D eigenvalue weighted by Crippen LogP contribution is -2.34. The van der Waals surface area contributed by atoms with Gasteiger partial charge in [0.15, 0.2) is 22.7 Å². The molecule has 3 aromatic heterocycles. The number of hydrogen-bond acceptors (Lipinski definition) is 7. The van der Waals surface area contributed by atoms with Crippen LogP contribution in [0.5, 0.6) is 17.2 Å². The van der Waals surface area contributed by atoms with Crippen LogP contribution in [0.4, 0.5) is 0 Å². The average molecular weight is 727 g/mol. The smallest absolute Gasteiger partial charge is 0.331 e. The van der Waals surface area contributed by atoms with Crippen molar-refractivity contribution in [1.29, 1.82) is 0 Å². The van der Waals surface area contributed by atoms with Crippen LogP contribution >= 0.6 is 0 Å². The molecule has 11 heteroatoms. The monoisotopic (exact) mass is 726 g/mol. The first kappa shape index (κ1) is 35.2. The van der Waals surface area contributed by atoms with Crippen LogP contribution < -0.4 is 18.8 Å². The number of fused-ring (bicyclic) bond motifs is 6. The van der Waals surface area contributed by atoms with Crippen molar-refractivity contribution in [3.05, 3.63) is 145 Å². The van der Waals surface area contributed by atoms with E-state index in [0.29, 0.717) is 17.2 Å². The number of rotatable bonds is 9. The zero-order valence-corrected chi connectivity index (χ0v) is 30.6. The zero-order chi connectivity index (χ0) is 37.1. The fourth-order valence-electron chi connectivity index (χ4n) is 6.61. The van der Waals surface area contributed by atoms with Gasteiger partial charge < -0.3 is 18.8 Å². The summed E-state index contributed by atoms with van der Waals surface area (Å²) < 4.78 is 54.9. The number of aromatic nitrogens is 4. The Bertz CT molecular complexity index is 2630. The zero-order valence-electron chi connectivity index (χ0n) is 29.8. The highest BCUT2D eigenvalue weighted by molar-refractivity contribution is 7.85. The van der Waals surface area contributed by atoms with E-state index in [-0.39, 0.29) is 4.90 Å². The van der Waals surface area contributed by atoms with Gasteiger partial charge in [-0.1, -0.05) is 90.5 Å². The molecule has 0 fully saturated rings. The largest absolute Gasteiger partial charge is 0.744 e. The van der Waals surface area contributed by atoms with E-state index in [1.165, 1.54) is 12.1 Å². The van der Waals surface area contributed by atoms with Gasteiger partial charge in [-0.25, -0.2) is 18.0 Å². The van der Waals surface area contributed by atoms with Crippen LogP contribution in [0.1, 0.15) is 11.1 Å².